The number of methoxy groups -OCH3 is 1. The lowest BCUT2D eigenvalue weighted by Crippen LogP contribution is -2.33. The fraction of sp³-hybridized carbons (Fsp3) is 0.278. The first-order valence-electron chi connectivity index (χ1n) is 7.34. The Morgan fingerprint density at radius 2 is 1.83 bits per heavy atom. The summed E-state index contributed by atoms with van der Waals surface area (Å²) >= 11 is 0. The van der Waals surface area contributed by atoms with Crippen molar-refractivity contribution in [2.45, 2.75) is 26.6 Å². The average molecular weight is 337 g/mol. The summed E-state index contributed by atoms with van der Waals surface area (Å²) in [7, 11) is 1.31. The molecule has 0 fully saturated rings. The number of halogens is 3. The van der Waals surface area contributed by atoms with Crippen LogP contribution in [0.5, 0.6) is 0 Å². The summed E-state index contributed by atoms with van der Waals surface area (Å²) in [6, 6.07) is 6.85. The molecule has 0 N–H and O–H groups in total. The number of ether oxygens (including phenoxy) is 1. The molecule has 0 aliphatic rings. The summed E-state index contributed by atoms with van der Waals surface area (Å²) < 4.78 is 44.5. The van der Waals surface area contributed by atoms with Crippen molar-refractivity contribution in [3.05, 3.63) is 58.2 Å². The van der Waals surface area contributed by atoms with Gasteiger partial charge in [0, 0.05) is 12.7 Å². The number of aromatic nitrogens is 1. The summed E-state index contributed by atoms with van der Waals surface area (Å²) in [5.41, 5.74) is 0.474. The zero-order valence-electron chi connectivity index (χ0n) is 13.6. The van der Waals surface area contributed by atoms with Gasteiger partial charge in [0.15, 0.2) is 0 Å². The van der Waals surface area contributed by atoms with Crippen LogP contribution in [0.1, 0.15) is 25.0 Å². The van der Waals surface area contributed by atoms with Gasteiger partial charge in [0.2, 0.25) is 0 Å². The molecular formula is C18H18F3NO2. The predicted molar refractivity (Wildman–Crippen MR) is 85.5 cm³/mol. The second-order valence-electron chi connectivity index (χ2n) is 5.35. The Hall–Kier alpha value is -2.50. The second-order valence-corrected chi connectivity index (χ2v) is 5.35. The highest BCUT2D eigenvalue weighted by atomic mass is 19.4. The standard InChI is InChI=1S/C18H18F3NO2/c1-4-14-9-10-22(16(14)12(2)17(23)24-3)11-13-5-7-15(8-6-13)18(19,20)21/h4-10H,11H2,1-3H3. The number of hydrogen-bond donors (Lipinski definition) is 0. The number of alkyl halides is 3. The van der Waals surface area contributed by atoms with Crippen molar-refractivity contribution in [3.63, 3.8) is 0 Å². The Balaban J connectivity index is 2.45. The van der Waals surface area contributed by atoms with Gasteiger partial charge in [-0.3, -0.25) is 0 Å². The van der Waals surface area contributed by atoms with Gasteiger partial charge in [0.05, 0.1) is 23.6 Å². The first-order chi connectivity index (χ1) is 11.3. The van der Waals surface area contributed by atoms with E-state index in [0.29, 0.717) is 23.0 Å². The molecular weight excluding hydrogens is 319 g/mol. The van der Waals surface area contributed by atoms with E-state index in [2.05, 4.69) is 0 Å². The number of carbonyl (C=O) groups is 1. The molecule has 1 aromatic carbocycles. The highest BCUT2D eigenvalue weighted by Gasteiger charge is 2.29. The Morgan fingerprint density at radius 3 is 2.33 bits per heavy atom. The highest BCUT2D eigenvalue weighted by Crippen LogP contribution is 2.29. The third-order valence-corrected chi connectivity index (χ3v) is 3.79. The first-order valence-corrected chi connectivity index (χ1v) is 7.34. The van der Waals surface area contributed by atoms with Crippen molar-refractivity contribution in [1.29, 1.82) is 0 Å². The van der Waals surface area contributed by atoms with Gasteiger partial charge in [-0.05, 0) is 42.8 Å². The van der Waals surface area contributed by atoms with Crippen molar-refractivity contribution < 1.29 is 22.7 Å². The lowest BCUT2D eigenvalue weighted by Gasteiger charge is -2.09. The molecule has 0 radical (unpaired) electrons. The van der Waals surface area contributed by atoms with E-state index in [1.165, 1.54) is 19.2 Å². The minimum atomic E-state index is -4.35. The summed E-state index contributed by atoms with van der Waals surface area (Å²) in [6.45, 7) is 3.87. The molecule has 6 heteroatoms. The Labute approximate surface area is 137 Å². The van der Waals surface area contributed by atoms with Crippen LogP contribution in [0.3, 0.4) is 0 Å². The van der Waals surface area contributed by atoms with Crippen LogP contribution in [0.2, 0.25) is 0 Å². The summed E-state index contributed by atoms with van der Waals surface area (Å²) in [4.78, 5) is 11.8. The van der Waals surface area contributed by atoms with E-state index in [1.807, 2.05) is 23.6 Å². The first kappa shape index (κ1) is 17.8. The molecule has 128 valence electrons. The molecule has 3 nitrogen and oxygen atoms in total. The van der Waals surface area contributed by atoms with Gasteiger partial charge in [-0.25, -0.2) is 4.79 Å². The maximum atomic E-state index is 12.6. The maximum absolute atomic E-state index is 12.6. The van der Waals surface area contributed by atoms with Crippen LogP contribution >= 0.6 is 0 Å². The number of carbonyl (C=O) groups excluding carboxylic acids is 1. The van der Waals surface area contributed by atoms with Gasteiger partial charge < -0.3 is 9.30 Å². The SMILES string of the molecule is CC=c1ccn(Cc2ccc(C(F)(F)F)cc2)c1=C(C)C(=O)OC. The third kappa shape index (κ3) is 3.69. The van der Waals surface area contributed by atoms with E-state index in [1.54, 1.807) is 13.1 Å². The van der Waals surface area contributed by atoms with Crippen LogP contribution in [0.15, 0.2) is 36.5 Å². The minimum absolute atomic E-state index is 0.357. The molecule has 0 amide bonds. The smallest absolute Gasteiger partial charge is 0.416 e. The minimum Gasteiger partial charge on any atom is -0.466 e. The molecule has 0 unspecified atom stereocenters. The Morgan fingerprint density at radius 1 is 1.21 bits per heavy atom. The van der Waals surface area contributed by atoms with E-state index < -0.39 is 17.7 Å². The molecule has 2 rings (SSSR count). The second kappa shape index (κ2) is 6.95. The van der Waals surface area contributed by atoms with E-state index in [-0.39, 0.29) is 0 Å². The predicted octanol–water partition coefficient (Wildman–Crippen LogP) is 2.70. The summed E-state index contributed by atoms with van der Waals surface area (Å²) in [6.07, 6.45) is -0.684. The van der Waals surface area contributed by atoms with Crippen LogP contribution in [0.25, 0.3) is 11.6 Å². The van der Waals surface area contributed by atoms with Crippen LogP contribution in [-0.4, -0.2) is 17.6 Å². The fourth-order valence-corrected chi connectivity index (χ4v) is 2.53. The number of benzene rings is 1. The molecule has 0 aliphatic heterocycles. The van der Waals surface area contributed by atoms with Gasteiger partial charge in [-0.15, -0.1) is 0 Å². The lowest BCUT2D eigenvalue weighted by molar-refractivity contribution is -0.137. The van der Waals surface area contributed by atoms with E-state index in [9.17, 15) is 18.0 Å². The van der Waals surface area contributed by atoms with E-state index in [4.69, 9.17) is 4.74 Å². The highest BCUT2D eigenvalue weighted by molar-refractivity contribution is 6.08. The quantitative estimate of drug-likeness (QED) is 0.807. The van der Waals surface area contributed by atoms with Crippen molar-refractivity contribution >= 4 is 17.6 Å². The summed E-state index contributed by atoms with van der Waals surface area (Å²) in [5.74, 6) is -0.439. The zero-order valence-corrected chi connectivity index (χ0v) is 13.6. The molecule has 2 aromatic rings. The molecule has 0 saturated heterocycles. The number of hydrogen-bond acceptors (Lipinski definition) is 2. The average Bonchev–Trinajstić information content (AvgIpc) is 2.95. The van der Waals surface area contributed by atoms with Gasteiger partial charge in [0.25, 0.3) is 0 Å². The third-order valence-electron chi connectivity index (χ3n) is 3.79. The lowest BCUT2D eigenvalue weighted by atomic mass is 10.1. The van der Waals surface area contributed by atoms with Crippen LogP contribution < -0.4 is 10.6 Å². The summed E-state index contributed by atoms with van der Waals surface area (Å²) in [5, 5.41) is 1.56. The Kier molecular flexibility index (Phi) is 5.17. The molecule has 0 aliphatic carbocycles. The van der Waals surface area contributed by atoms with Crippen LogP contribution in [0.4, 0.5) is 13.2 Å². The monoisotopic (exact) mass is 337 g/mol. The molecule has 1 aromatic heterocycles. The molecule has 24 heavy (non-hydrogen) atoms. The van der Waals surface area contributed by atoms with Gasteiger partial charge in [0.1, 0.15) is 0 Å². The van der Waals surface area contributed by atoms with E-state index in [0.717, 1.165) is 17.4 Å². The zero-order chi connectivity index (χ0) is 17.9. The van der Waals surface area contributed by atoms with Gasteiger partial charge >= 0.3 is 12.1 Å². The molecule has 0 spiro atoms. The molecule has 0 atom stereocenters. The van der Waals surface area contributed by atoms with Crippen molar-refractivity contribution in [1.82, 2.24) is 4.57 Å². The number of rotatable bonds is 3. The fourth-order valence-electron chi connectivity index (χ4n) is 2.53. The largest absolute Gasteiger partial charge is 0.466 e. The van der Waals surface area contributed by atoms with Gasteiger partial charge in [-0.1, -0.05) is 18.2 Å². The van der Waals surface area contributed by atoms with Gasteiger partial charge in [-0.2, -0.15) is 13.2 Å². The van der Waals surface area contributed by atoms with Crippen LogP contribution in [-0.2, 0) is 22.3 Å². The normalized spacial score (nSPS) is 13.8. The topological polar surface area (TPSA) is 31.2 Å². The van der Waals surface area contributed by atoms with Crippen molar-refractivity contribution in [3.8, 4) is 0 Å². The van der Waals surface area contributed by atoms with Crippen molar-refractivity contribution in [2.75, 3.05) is 7.11 Å². The van der Waals surface area contributed by atoms with Crippen molar-refractivity contribution in [2.24, 2.45) is 0 Å². The maximum Gasteiger partial charge on any atom is 0.416 e. The van der Waals surface area contributed by atoms with E-state index >= 15 is 0 Å². The number of esters is 1. The molecule has 1 heterocycles. The molecule has 0 bridgehead atoms. The molecule has 0 saturated carbocycles. The van der Waals surface area contributed by atoms with Crippen LogP contribution in [0, 0.1) is 0 Å². The Bertz CT molecular complexity index is 846. The number of nitrogens with zero attached hydrogens (tertiary/aromatic N) is 1.